The van der Waals surface area contributed by atoms with Crippen LogP contribution in [0, 0.1) is 10.1 Å². The number of nitro groups is 1. The van der Waals surface area contributed by atoms with Crippen molar-refractivity contribution in [2.75, 3.05) is 20.6 Å². The average molecular weight is 365 g/mol. The number of amides is 1. The maximum Gasteiger partial charge on any atom is 0.286 e. The Kier molecular flexibility index (Phi) is 5.89. The molecule has 2 rings (SSSR count). The van der Waals surface area contributed by atoms with Crippen LogP contribution in [0.3, 0.4) is 0 Å². The molecule has 0 saturated heterocycles. The first-order chi connectivity index (χ1) is 11.8. The van der Waals surface area contributed by atoms with E-state index in [2.05, 4.69) is 10.3 Å². The minimum Gasteiger partial charge on any atom is -0.350 e. The van der Waals surface area contributed by atoms with Gasteiger partial charge in [-0.15, -0.1) is 0 Å². The van der Waals surface area contributed by atoms with Gasteiger partial charge in [0.1, 0.15) is 5.56 Å². The number of benzene rings is 1. The molecule has 0 spiro atoms. The Balaban J connectivity index is 2.20. The molecule has 1 amide bonds. The Morgan fingerprint density at radius 1 is 1.40 bits per heavy atom. The zero-order chi connectivity index (χ0) is 18.6. The molecular weight excluding hydrogens is 348 g/mol. The highest BCUT2D eigenvalue weighted by molar-refractivity contribution is 6.31. The number of hydrogen-bond acceptors (Lipinski definition) is 5. The van der Waals surface area contributed by atoms with Gasteiger partial charge in [0, 0.05) is 17.6 Å². The molecule has 2 aromatic rings. The van der Waals surface area contributed by atoms with E-state index >= 15 is 0 Å². The first-order valence-corrected chi connectivity index (χ1v) is 7.75. The van der Waals surface area contributed by atoms with E-state index in [9.17, 15) is 19.7 Å². The second-order valence-electron chi connectivity index (χ2n) is 5.57. The largest absolute Gasteiger partial charge is 0.350 e. The van der Waals surface area contributed by atoms with Gasteiger partial charge in [-0.2, -0.15) is 0 Å². The van der Waals surface area contributed by atoms with Crippen molar-refractivity contribution in [1.82, 2.24) is 15.2 Å². The van der Waals surface area contributed by atoms with Gasteiger partial charge in [-0.25, -0.2) is 0 Å². The maximum atomic E-state index is 12.3. The third-order valence-corrected chi connectivity index (χ3v) is 4.03. The number of nitrogens with one attached hydrogen (secondary N) is 2. The van der Waals surface area contributed by atoms with Gasteiger partial charge >= 0.3 is 0 Å². The van der Waals surface area contributed by atoms with E-state index in [-0.39, 0.29) is 23.8 Å². The predicted molar refractivity (Wildman–Crippen MR) is 93.9 cm³/mol. The van der Waals surface area contributed by atoms with Crippen LogP contribution >= 0.6 is 11.6 Å². The predicted octanol–water partition coefficient (Wildman–Crippen LogP) is 1.97. The minimum atomic E-state index is -0.692. The molecule has 8 nitrogen and oxygen atoms in total. The van der Waals surface area contributed by atoms with Crippen molar-refractivity contribution in [3.05, 3.63) is 73.1 Å². The lowest BCUT2D eigenvalue weighted by Gasteiger charge is -2.25. The van der Waals surface area contributed by atoms with Crippen LogP contribution in [0.15, 0.2) is 41.3 Å². The fraction of sp³-hybridized carbons (Fsp3) is 0.250. The van der Waals surface area contributed by atoms with E-state index in [1.165, 1.54) is 0 Å². The first-order valence-electron chi connectivity index (χ1n) is 7.37. The summed E-state index contributed by atoms with van der Waals surface area (Å²) >= 11 is 6.21. The molecule has 1 aromatic carbocycles. The van der Waals surface area contributed by atoms with Crippen LogP contribution in [0.2, 0.25) is 5.02 Å². The van der Waals surface area contributed by atoms with Crippen molar-refractivity contribution >= 4 is 23.2 Å². The molecule has 1 heterocycles. The van der Waals surface area contributed by atoms with Crippen LogP contribution in [0.5, 0.6) is 0 Å². The Morgan fingerprint density at radius 2 is 2.08 bits per heavy atom. The minimum absolute atomic E-state index is 0.178. The van der Waals surface area contributed by atoms with Crippen LogP contribution in [0.1, 0.15) is 22.0 Å². The summed E-state index contributed by atoms with van der Waals surface area (Å²) in [6, 6.07) is 7.97. The normalized spacial score (nSPS) is 12.0. The molecule has 132 valence electrons. The molecule has 9 heteroatoms. The second-order valence-corrected chi connectivity index (χ2v) is 5.98. The summed E-state index contributed by atoms with van der Waals surface area (Å²) in [5.41, 5.74) is -0.546. The summed E-state index contributed by atoms with van der Waals surface area (Å²) in [5, 5.41) is 14.0. The maximum absolute atomic E-state index is 12.3. The van der Waals surface area contributed by atoms with E-state index in [1.807, 2.05) is 31.1 Å². The third kappa shape index (κ3) is 4.43. The summed E-state index contributed by atoms with van der Waals surface area (Å²) < 4.78 is 0. The Hall–Kier alpha value is -2.71. The number of aromatic amines is 1. The van der Waals surface area contributed by atoms with Gasteiger partial charge < -0.3 is 15.2 Å². The molecule has 0 fully saturated rings. The topological polar surface area (TPSA) is 108 Å². The van der Waals surface area contributed by atoms with Crippen LogP contribution in [-0.2, 0) is 0 Å². The fourth-order valence-electron chi connectivity index (χ4n) is 2.35. The molecule has 0 saturated carbocycles. The molecule has 0 aliphatic rings. The highest BCUT2D eigenvalue weighted by Gasteiger charge is 2.20. The van der Waals surface area contributed by atoms with Crippen molar-refractivity contribution in [3.8, 4) is 0 Å². The monoisotopic (exact) mass is 364 g/mol. The number of H-pyrrole nitrogens is 1. The number of nitrogens with zero attached hydrogens (tertiary/aromatic N) is 2. The summed E-state index contributed by atoms with van der Waals surface area (Å²) in [5.74, 6) is -0.691. The molecule has 0 aliphatic heterocycles. The molecule has 1 aromatic heterocycles. The number of halogens is 1. The van der Waals surface area contributed by atoms with Gasteiger partial charge in [0.25, 0.3) is 17.2 Å². The van der Waals surface area contributed by atoms with E-state index in [0.717, 1.165) is 17.8 Å². The first kappa shape index (κ1) is 18.6. The summed E-state index contributed by atoms with van der Waals surface area (Å²) in [7, 11) is 3.67. The van der Waals surface area contributed by atoms with Gasteiger partial charge in [0.15, 0.2) is 0 Å². The van der Waals surface area contributed by atoms with Crippen molar-refractivity contribution < 1.29 is 9.72 Å². The van der Waals surface area contributed by atoms with Crippen molar-refractivity contribution in [2.24, 2.45) is 0 Å². The van der Waals surface area contributed by atoms with E-state index < -0.39 is 16.4 Å². The van der Waals surface area contributed by atoms with Crippen LogP contribution < -0.4 is 10.9 Å². The smallest absolute Gasteiger partial charge is 0.286 e. The zero-order valence-electron chi connectivity index (χ0n) is 13.7. The molecular formula is C16H17ClN4O4. The fourth-order valence-corrected chi connectivity index (χ4v) is 2.61. The number of rotatable bonds is 6. The third-order valence-electron chi connectivity index (χ3n) is 3.69. The summed E-state index contributed by atoms with van der Waals surface area (Å²) in [4.78, 5) is 38.2. The lowest BCUT2D eigenvalue weighted by atomic mass is 10.1. The zero-order valence-corrected chi connectivity index (χ0v) is 14.4. The number of carbonyl (C=O) groups is 1. The van der Waals surface area contributed by atoms with Crippen molar-refractivity contribution in [2.45, 2.75) is 6.04 Å². The standard InChI is InChI=1S/C16H17ClN4O4/c1-20(2)14(11-5-3-4-6-13(11)17)9-19-16(23)12-7-10(21(24)25)8-18-15(12)22/h3-8,14H,9H2,1-2H3,(H,18,22)(H,19,23). The van der Waals surface area contributed by atoms with E-state index in [1.54, 1.807) is 12.1 Å². The highest BCUT2D eigenvalue weighted by Crippen LogP contribution is 2.25. The van der Waals surface area contributed by atoms with E-state index in [0.29, 0.717) is 5.02 Å². The van der Waals surface area contributed by atoms with E-state index in [4.69, 9.17) is 11.6 Å². The Morgan fingerprint density at radius 3 is 2.68 bits per heavy atom. The number of pyridine rings is 1. The highest BCUT2D eigenvalue weighted by atomic mass is 35.5. The van der Waals surface area contributed by atoms with Gasteiger partial charge in [0.05, 0.1) is 17.2 Å². The number of carbonyl (C=O) groups excluding carboxylic acids is 1. The molecule has 2 N–H and O–H groups in total. The number of hydrogen-bond donors (Lipinski definition) is 2. The quantitative estimate of drug-likeness (QED) is 0.601. The van der Waals surface area contributed by atoms with Gasteiger partial charge in [-0.3, -0.25) is 19.7 Å². The van der Waals surface area contributed by atoms with Gasteiger partial charge in [-0.1, -0.05) is 29.8 Å². The van der Waals surface area contributed by atoms with Crippen molar-refractivity contribution in [3.63, 3.8) is 0 Å². The van der Waals surface area contributed by atoms with Crippen LogP contribution in [0.25, 0.3) is 0 Å². The molecule has 0 bridgehead atoms. The molecule has 0 aliphatic carbocycles. The Bertz CT molecular complexity index is 850. The molecule has 1 unspecified atom stereocenters. The SMILES string of the molecule is CN(C)C(CNC(=O)c1cc([N+](=O)[O-])c[nH]c1=O)c1ccccc1Cl. The van der Waals surface area contributed by atoms with Crippen LogP contribution in [0.4, 0.5) is 5.69 Å². The number of likely N-dealkylation sites (N-methyl/N-ethyl adjacent to an activating group) is 1. The van der Waals surface area contributed by atoms with Crippen LogP contribution in [-0.4, -0.2) is 41.4 Å². The molecule has 1 atom stereocenters. The molecule has 0 radical (unpaired) electrons. The number of aromatic nitrogens is 1. The average Bonchev–Trinajstić information content (AvgIpc) is 2.56. The van der Waals surface area contributed by atoms with Gasteiger partial charge in [0.2, 0.25) is 0 Å². The lowest BCUT2D eigenvalue weighted by Crippen LogP contribution is -2.36. The Labute approximate surface area is 148 Å². The lowest BCUT2D eigenvalue weighted by molar-refractivity contribution is -0.385. The summed E-state index contributed by atoms with van der Waals surface area (Å²) in [6.45, 7) is 0.178. The molecule has 25 heavy (non-hydrogen) atoms. The second kappa shape index (κ2) is 7.91. The van der Waals surface area contributed by atoms with Crippen molar-refractivity contribution in [1.29, 1.82) is 0 Å². The summed E-state index contributed by atoms with van der Waals surface area (Å²) in [6.07, 6.45) is 0.950. The van der Waals surface area contributed by atoms with Gasteiger partial charge in [-0.05, 0) is 25.7 Å².